The van der Waals surface area contributed by atoms with Crippen molar-refractivity contribution in [3.05, 3.63) is 53.9 Å². The first-order chi connectivity index (χ1) is 17.8. The Hall–Kier alpha value is -3.32. The van der Waals surface area contributed by atoms with Crippen LogP contribution in [0.3, 0.4) is 0 Å². The summed E-state index contributed by atoms with van der Waals surface area (Å²) >= 11 is 1.31. The van der Waals surface area contributed by atoms with E-state index in [-0.39, 0.29) is 29.7 Å². The second-order valence-electron chi connectivity index (χ2n) is 8.67. The summed E-state index contributed by atoms with van der Waals surface area (Å²) in [5, 5.41) is 5.14. The lowest BCUT2D eigenvalue weighted by molar-refractivity contribution is -0.122. The standard InChI is InChI=1S/C25H26N4O6S2/c1-34-20-6-2-17(3-7-20)22-16-36-25(26-22)27-24(31)18-14-23(30)29(15-18)19-4-8-21(9-5-19)37(32,33)28-10-12-35-13-11-28/h2-9,16,18H,10-15H2,1H3,(H,26,27,31). The van der Waals surface area contributed by atoms with Crippen LogP contribution in [-0.2, 0) is 24.3 Å². The molecule has 3 aromatic rings. The number of morpholine rings is 1. The van der Waals surface area contributed by atoms with Gasteiger partial charge in [-0.05, 0) is 48.5 Å². The number of nitrogens with one attached hydrogen (secondary N) is 1. The Kier molecular flexibility index (Phi) is 7.24. The number of aromatic nitrogens is 1. The number of nitrogens with zero attached hydrogens (tertiary/aromatic N) is 3. The van der Waals surface area contributed by atoms with Crippen LogP contribution in [0.4, 0.5) is 10.8 Å². The highest BCUT2D eigenvalue weighted by atomic mass is 32.2. The van der Waals surface area contributed by atoms with Crippen LogP contribution in [0.1, 0.15) is 6.42 Å². The molecule has 1 N–H and O–H groups in total. The van der Waals surface area contributed by atoms with Gasteiger partial charge in [-0.2, -0.15) is 4.31 Å². The summed E-state index contributed by atoms with van der Waals surface area (Å²) in [5.41, 5.74) is 2.19. The molecule has 194 valence electrons. The van der Waals surface area contributed by atoms with Crippen molar-refractivity contribution < 1.29 is 27.5 Å². The molecule has 1 atom stereocenters. The molecule has 2 aromatic carbocycles. The molecular formula is C25H26N4O6S2. The Labute approximate surface area is 218 Å². The van der Waals surface area contributed by atoms with Crippen molar-refractivity contribution in [1.82, 2.24) is 9.29 Å². The largest absolute Gasteiger partial charge is 0.497 e. The van der Waals surface area contributed by atoms with Gasteiger partial charge in [0.25, 0.3) is 0 Å². The first-order valence-electron chi connectivity index (χ1n) is 11.7. The molecule has 12 heteroatoms. The molecule has 0 radical (unpaired) electrons. The number of anilines is 2. The highest BCUT2D eigenvalue weighted by molar-refractivity contribution is 7.89. The van der Waals surface area contributed by atoms with Crippen molar-refractivity contribution >= 4 is 44.0 Å². The lowest BCUT2D eigenvalue weighted by atomic mass is 10.1. The van der Waals surface area contributed by atoms with Crippen LogP contribution in [0, 0.1) is 5.92 Å². The quantitative estimate of drug-likeness (QED) is 0.488. The molecule has 0 spiro atoms. The van der Waals surface area contributed by atoms with Crippen molar-refractivity contribution in [1.29, 1.82) is 0 Å². The van der Waals surface area contributed by atoms with Gasteiger partial charge in [-0.25, -0.2) is 13.4 Å². The predicted molar refractivity (Wildman–Crippen MR) is 139 cm³/mol. The van der Waals surface area contributed by atoms with Crippen LogP contribution in [0.25, 0.3) is 11.3 Å². The van der Waals surface area contributed by atoms with Gasteiger partial charge in [0, 0.05) is 42.7 Å². The molecule has 2 fully saturated rings. The first-order valence-corrected chi connectivity index (χ1v) is 14.1. The van der Waals surface area contributed by atoms with Crippen molar-refractivity contribution in [2.24, 2.45) is 5.92 Å². The van der Waals surface area contributed by atoms with Gasteiger partial charge in [0.15, 0.2) is 5.13 Å². The summed E-state index contributed by atoms with van der Waals surface area (Å²) in [4.78, 5) is 31.8. The van der Waals surface area contributed by atoms with Crippen LogP contribution in [-0.4, -0.2) is 69.5 Å². The van der Waals surface area contributed by atoms with Gasteiger partial charge in [0.05, 0.1) is 36.8 Å². The van der Waals surface area contributed by atoms with Crippen LogP contribution < -0.4 is 15.0 Å². The van der Waals surface area contributed by atoms with E-state index in [1.807, 2.05) is 29.6 Å². The number of hydrogen-bond donors (Lipinski definition) is 1. The van der Waals surface area contributed by atoms with Gasteiger partial charge >= 0.3 is 0 Å². The molecule has 2 aliphatic heterocycles. The van der Waals surface area contributed by atoms with E-state index in [0.717, 1.165) is 17.0 Å². The minimum Gasteiger partial charge on any atom is -0.497 e. The molecule has 2 aliphatic rings. The molecule has 1 aromatic heterocycles. The van der Waals surface area contributed by atoms with Gasteiger partial charge in [-0.1, -0.05) is 0 Å². The Bertz CT molecular complexity index is 1380. The van der Waals surface area contributed by atoms with E-state index in [1.165, 1.54) is 32.7 Å². The molecule has 37 heavy (non-hydrogen) atoms. The number of carbonyl (C=O) groups excluding carboxylic acids is 2. The predicted octanol–water partition coefficient (Wildman–Crippen LogP) is 2.83. The zero-order valence-corrected chi connectivity index (χ0v) is 21.8. The lowest BCUT2D eigenvalue weighted by Gasteiger charge is -2.26. The van der Waals surface area contributed by atoms with Gasteiger partial charge in [0.2, 0.25) is 21.8 Å². The van der Waals surface area contributed by atoms with Crippen LogP contribution in [0.15, 0.2) is 58.8 Å². The Morgan fingerprint density at radius 3 is 2.49 bits per heavy atom. The topological polar surface area (TPSA) is 118 Å². The summed E-state index contributed by atoms with van der Waals surface area (Å²) in [7, 11) is -2.02. The number of carbonyl (C=O) groups is 2. The van der Waals surface area contributed by atoms with Crippen LogP contribution in [0.5, 0.6) is 5.75 Å². The minimum atomic E-state index is -3.62. The zero-order valence-electron chi connectivity index (χ0n) is 20.1. The Balaban J connectivity index is 1.22. The number of sulfonamides is 1. The molecule has 0 bridgehead atoms. The molecule has 3 heterocycles. The number of thiazole rings is 1. The maximum absolute atomic E-state index is 12.9. The van der Waals surface area contributed by atoms with E-state index in [1.54, 1.807) is 19.2 Å². The monoisotopic (exact) mass is 542 g/mol. The highest BCUT2D eigenvalue weighted by Crippen LogP contribution is 2.30. The average molecular weight is 543 g/mol. The number of rotatable bonds is 7. The number of amides is 2. The molecule has 0 aliphatic carbocycles. The van der Waals surface area contributed by atoms with Crippen LogP contribution >= 0.6 is 11.3 Å². The lowest BCUT2D eigenvalue weighted by Crippen LogP contribution is -2.40. The molecule has 1 unspecified atom stereocenters. The van der Waals surface area contributed by atoms with Crippen molar-refractivity contribution in [2.75, 3.05) is 50.2 Å². The smallest absolute Gasteiger partial charge is 0.243 e. The maximum atomic E-state index is 12.9. The number of benzene rings is 2. The first kappa shape index (κ1) is 25.3. The minimum absolute atomic E-state index is 0.0658. The Morgan fingerprint density at radius 2 is 1.81 bits per heavy atom. The van der Waals surface area contributed by atoms with E-state index < -0.39 is 15.9 Å². The second-order valence-corrected chi connectivity index (χ2v) is 11.5. The van der Waals surface area contributed by atoms with Crippen molar-refractivity contribution in [3.8, 4) is 17.0 Å². The number of hydrogen-bond acceptors (Lipinski definition) is 8. The van der Waals surface area contributed by atoms with Gasteiger partial charge in [0.1, 0.15) is 5.75 Å². The molecule has 2 saturated heterocycles. The third-order valence-corrected chi connectivity index (χ3v) is 9.04. The normalized spacial score (nSPS) is 18.7. The fraction of sp³-hybridized carbons (Fsp3) is 0.320. The van der Waals surface area contributed by atoms with E-state index in [2.05, 4.69) is 10.3 Å². The van der Waals surface area contributed by atoms with Crippen molar-refractivity contribution in [2.45, 2.75) is 11.3 Å². The fourth-order valence-electron chi connectivity index (χ4n) is 4.30. The average Bonchev–Trinajstić information content (AvgIpc) is 3.56. The van der Waals surface area contributed by atoms with E-state index in [0.29, 0.717) is 37.1 Å². The van der Waals surface area contributed by atoms with Crippen molar-refractivity contribution in [3.63, 3.8) is 0 Å². The molecule has 0 saturated carbocycles. The Morgan fingerprint density at radius 1 is 1.11 bits per heavy atom. The number of methoxy groups -OCH3 is 1. The molecule has 2 amide bonds. The second kappa shape index (κ2) is 10.6. The third kappa shape index (κ3) is 5.37. The molecule has 10 nitrogen and oxygen atoms in total. The van der Waals surface area contributed by atoms with Gasteiger partial charge < -0.3 is 19.7 Å². The molecular weight excluding hydrogens is 516 g/mol. The maximum Gasteiger partial charge on any atom is 0.243 e. The summed E-state index contributed by atoms with van der Waals surface area (Å²) < 4.78 is 37.5. The number of ether oxygens (including phenoxy) is 2. The van der Waals surface area contributed by atoms with E-state index >= 15 is 0 Å². The summed E-state index contributed by atoms with van der Waals surface area (Å²) in [6.07, 6.45) is 0.0658. The van der Waals surface area contributed by atoms with E-state index in [9.17, 15) is 18.0 Å². The fourth-order valence-corrected chi connectivity index (χ4v) is 6.43. The molecule has 5 rings (SSSR count). The summed E-state index contributed by atoms with van der Waals surface area (Å²) in [6, 6.07) is 13.7. The summed E-state index contributed by atoms with van der Waals surface area (Å²) in [6.45, 7) is 1.56. The SMILES string of the molecule is COc1ccc(-c2csc(NC(=O)C3CC(=O)N(c4ccc(S(=O)(=O)N5CCOCC5)cc4)C3)n2)cc1. The van der Waals surface area contributed by atoms with Gasteiger partial charge in [-0.3, -0.25) is 9.59 Å². The summed E-state index contributed by atoms with van der Waals surface area (Å²) in [5.74, 6) is -0.270. The van der Waals surface area contributed by atoms with Gasteiger partial charge in [-0.15, -0.1) is 11.3 Å². The zero-order chi connectivity index (χ0) is 26.0. The van der Waals surface area contributed by atoms with E-state index in [4.69, 9.17) is 9.47 Å². The van der Waals surface area contributed by atoms with Crippen LogP contribution in [0.2, 0.25) is 0 Å². The highest BCUT2D eigenvalue weighted by Gasteiger charge is 2.36. The third-order valence-electron chi connectivity index (χ3n) is 6.37.